The van der Waals surface area contributed by atoms with Crippen LogP contribution >= 0.6 is 0 Å². The summed E-state index contributed by atoms with van der Waals surface area (Å²) >= 11 is 0. The van der Waals surface area contributed by atoms with Gasteiger partial charge in [0.2, 0.25) is 0 Å². The number of aromatic nitrogens is 4. The SMILES string of the molecule is CCc1c(-c2ccccc2)c(C(C)C)nn1-c1[c-]c(Oc2[c-]c3c(cc2)c2ccccc2n3-c2cc(C)ccn2)ccc1.[Pt+2]. The second-order valence-corrected chi connectivity index (χ2v) is 11.1. The van der Waals surface area contributed by atoms with Gasteiger partial charge in [0.25, 0.3) is 0 Å². The van der Waals surface area contributed by atoms with Crippen molar-refractivity contribution in [3.63, 3.8) is 0 Å². The molecule has 0 spiro atoms. The van der Waals surface area contributed by atoms with Crippen molar-refractivity contribution in [3.05, 3.63) is 132 Å². The van der Waals surface area contributed by atoms with Crippen molar-refractivity contribution in [2.45, 2.75) is 40.0 Å². The topological polar surface area (TPSA) is 44.9 Å². The predicted octanol–water partition coefficient (Wildman–Crippen LogP) is 9.42. The molecule has 0 aliphatic carbocycles. The molecular weight excluding hydrogens is 724 g/mol. The molecule has 5 nitrogen and oxygen atoms in total. The van der Waals surface area contributed by atoms with Crippen molar-refractivity contribution >= 4 is 21.8 Å². The Labute approximate surface area is 272 Å². The minimum atomic E-state index is 0. The van der Waals surface area contributed by atoms with Crippen LogP contribution in [0.15, 0.2) is 103 Å². The van der Waals surface area contributed by atoms with E-state index in [1.165, 1.54) is 11.1 Å². The Hall–Kier alpha value is -4.47. The van der Waals surface area contributed by atoms with Gasteiger partial charge in [-0.2, -0.15) is 17.2 Å². The van der Waals surface area contributed by atoms with Gasteiger partial charge in [-0.15, -0.1) is 35.7 Å². The summed E-state index contributed by atoms with van der Waals surface area (Å²) in [5, 5.41) is 7.36. The van der Waals surface area contributed by atoms with Gasteiger partial charge in [-0.25, -0.2) is 4.98 Å². The molecule has 0 atom stereocenters. The minimum absolute atomic E-state index is 0. The number of hydrogen-bond donors (Lipinski definition) is 0. The molecule has 0 aliphatic rings. The van der Waals surface area contributed by atoms with Crippen molar-refractivity contribution < 1.29 is 25.8 Å². The molecule has 7 aromatic rings. The molecule has 0 saturated heterocycles. The van der Waals surface area contributed by atoms with Crippen LogP contribution in [0, 0.1) is 19.1 Å². The first kappa shape index (κ1) is 29.6. The van der Waals surface area contributed by atoms with E-state index in [1.54, 1.807) is 0 Å². The van der Waals surface area contributed by atoms with Gasteiger partial charge >= 0.3 is 21.1 Å². The van der Waals surface area contributed by atoms with Gasteiger partial charge in [-0.1, -0.05) is 74.8 Å². The summed E-state index contributed by atoms with van der Waals surface area (Å²) in [7, 11) is 0. The fourth-order valence-corrected chi connectivity index (χ4v) is 5.87. The van der Waals surface area contributed by atoms with E-state index >= 15 is 0 Å². The normalized spacial score (nSPS) is 11.3. The summed E-state index contributed by atoms with van der Waals surface area (Å²) in [5.41, 5.74) is 8.62. The molecule has 6 heteroatoms. The second-order valence-electron chi connectivity index (χ2n) is 11.1. The second kappa shape index (κ2) is 12.3. The van der Waals surface area contributed by atoms with Crippen molar-refractivity contribution in [3.8, 4) is 34.1 Å². The van der Waals surface area contributed by atoms with Gasteiger partial charge in [0.1, 0.15) is 5.82 Å². The molecular formula is C38H32N4OPt. The van der Waals surface area contributed by atoms with Crippen molar-refractivity contribution in [2.24, 2.45) is 0 Å². The molecule has 0 aliphatic heterocycles. The first-order chi connectivity index (χ1) is 21.0. The summed E-state index contributed by atoms with van der Waals surface area (Å²) in [6.45, 7) is 8.64. The summed E-state index contributed by atoms with van der Waals surface area (Å²) in [6.07, 6.45) is 2.69. The van der Waals surface area contributed by atoms with Gasteiger partial charge in [0.15, 0.2) is 0 Å². The maximum absolute atomic E-state index is 6.42. The standard InChI is InChI=1S/C38H32N4O.Pt/c1-5-33-37(27-12-7-6-8-13-27)38(25(2)3)40-42(33)28-14-11-15-29(23-28)43-30-18-19-32-31-16-9-10-17-34(31)41(35(32)24-30)36-22-26(4)20-21-39-36;/h6-22,25H,5H2,1-4H3;/q-2;+2. The number of pyridine rings is 1. The molecule has 0 N–H and O–H groups in total. The predicted molar refractivity (Wildman–Crippen MR) is 174 cm³/mol. The first-order valence-corrected chi connectivity index (χ1v) is 14.8. The maximum atomic E-state index is 6.42. The molecule has 3 aromatic heterocycles. The molecule has 44 heavy (non-hydrogen) atoms. The van der Waals surface area contributed by atoms with Crippen molar-refractivity contribution in [2.75, 3.05) is 0 Å². The van der Waals surface area contributed by atoms with E-state index in [9.17, 15) is 0 Å². The Kier molecular flexibility index (Phi) is 8.25. The smallest absolute Gasteiger partial charge is 0.509 e. The Morgan fingerprint density at radius 2 is 1.59 bits per heavy atom. The molecule has 3 heterocycles. The van der Waals surface area contributed by atoms with Crippen LogP contribution in [0.25, 0.3) is 44.4 Å². The van der Waals surface area contributed by atoms with Crippen LogP contribution < -0.4 is 4.74 Å². The zero-order valence-electron chi connectivity index (χ0n) is 25.1. The Bertz CT molecular complexity index is 2090. The largest absolute Gasteiger partial charge is 2.00 e. The average Bonchev–Trinajstić information content (AvgIpc) is 3.58. The van der Waals surface area contributed by atoms with Gasteiger partial charge < -0.3 is 9.30 Å². The van der Waals surface area contributed by atoms with Crippen LogP contribution in [-0.2, 0) is 27.5 Å². The fourth-order valence-electron chi connectivity index (χ4n) is 5.87. The zero-order valence-corrected chi connectivity index (χ0v) is 27.4. The van der Waals surface area contributed by atoms with Crippen molar-refractivity contribution in [1.82, 2.24) is 19.3 Å². The molecule has 0 unspecified atom stereocenters. The number of rotatable bonds is 7. The van der Waals surface area contributed by atoms with E-state index < -0.39 is 0 Å². The van der Waals surface area contributed by atoms with Gasteiger partial charge in [-0.05, 0) is 59.7 Å². The number of para-hydroxylation sites is 1. The van der Waals surface area contributed by atoms with E-state index in [0.717, 1.165) is 56.7 Å². The van der Waals surface area contributed by atoms with Crippen molar-refractivity contribution in [1.29, 1.82) is 0 Å². The van der Waals surface area contributed by atoms with Crippen LogP contribution in [0.4, 0.5) is 0 Å². The summed E-state index contributed by atoms with van der Waals surface area (Å²) in [5.74, 6) is 2.35. The third-order valence-electron chi connectivity index (χ3n) is 7.84. The molecule has 4 aromatic carbocycles. The minimum Gasteiger partial charge on any atom is -0.509 e. The summed E-state index contributed by atoms with van der Waals surface area (Å²) < 4.78 is 10.6. The molecule has 7 rings (SSSR count). The number of hydrogen-bond acceptors (Lipinski definition) is 3. The molecule has 0 saturated carbocycles. The quantitative estimate of drug-likeness (QED) is 0.152. The molecule has 0 bridgehead atoms. The van der Waals surface area contributed by atoms with Gasteiger partial charge in [0, 0.05) is 34.5 Å². The van der Waals surface area contributed by atoms with Gasteiger partial charge in [-0.3, -0.25) is 4.68 Å². The van der Waals surface area contributed by atoms with E-state index in [2.05, 4.69) is 116 Å². The summed E-state index contributed by atoms with van der Waals surface area (Å²) in [6, 6.07) is 40.1. The van der Waals surface area contributed by atoms with Crippen LogP contribution in [0.2, 0.25) is 0 Å². The zero-order chi connectivity index (χ0) is 29.5. The first-order valence-electron chi connectivity index (χ1n) is 14.8. The van der Waals surface area contributed by atoms with Crippen LogP contribution in [-0.4, -0.2) is 19.3 Å². The van der Waals surface area contributed by atoms with Crippen LogP contribution in [0.1, 0.15) is 43.6 Å². The van der Waals surface area contributed by atoms with E-state index in [1.807, 2.05) is 41.2 Å². The Morgan fingerprint density at radius 3 is 2.36 bits per heavy atom. The molecule has 0 radical (unpaired) electrons. The maximum Gasteiger partial charge on any atom is 2.00 e. The number of nitrogens with zero attached hydrogens (tertiary/aromatic N) is 4. The number of ether oxygens (including phenoxy) is 1. The molecule has 220 valence electrons. The average molecular weight is 756 g/mol. The van der Waals surface area contributed by atoms with E-state index in [4.69, 9.17) is 9.84 Å². The van der Waals surface area contributed by atoms with Crippen LogP contribution in [0.5, 0.6) is 11.5 Å². The number of fused-ring (bicyclic) bond motifs is 3. The van der Waals surface area contributed by atoms with Crippen LogP contribution in [0.3, 0.4) is 0 Å². The van der Waals surface area contributed by atoms with Gasteiger partial charge in [0.05, 0.1) is 5.69 Å². The Morgan fingerprint density at radius 1 is 0.818 bits per heavy atom. The third kappa shape index (κ3) is 5.26. The number of aryl methyl sites for hydroxylation is 1. The molecule has 0 fully saturated rings. The monoisotopic (exact) mass is 755 g/mol. The molecule has 0 amide bonds. The van der Waals surface area contributed by atoms with E-state index in [-0.39, 0.29) is 27.0 Å². The summed E-state index contributed by atoms with van der Waals surface area (Å²) in [4.78, 5) is 4.69. The third-order valence-corrected chi connectivity index (χ3v) is 7.84. The van der Waals surface area contributed by atoms with E-state index in [0.29, 0.717) is 11.5 Å². The number of benzene rings is 4. The fraction of sp³-hybridized carbons (Fsp3) is 0.158. The Balaban J connectivity index is 0.00000343.